The fraction of sp³-hybridized carbons (Fsp3) is 0.505. The van der Waals surface area contributed by atoms with Gasteiger partial charge in [0.25, 0.3) is 0 Å². The predicted octanol–water partition coefficient (Wildman–Crippen LogP) is -2.64. The number of carbonyl (C=O) groups is 20. The molecule has 6 heterocycles. The molecule has 3 aliphatic heterocycles. The van der Waals surface area contributed by atoms with Gasteiger partial charge in [-0.1, -0.05) is 88.1 Å². The van der Waals surface area contributed by atoms with E-state index in [1.807, 2.05) is 0 Å². The Balaban J connectivity index is 1.12. The van der Waals surface area contributed by atoms with Gasteiger partial charge in [0.2, 0.25) is 100 Å². The van der Waals surface area contributed by atoms with Gasteiger partial charge in [-0.15, -0.1) is 11.8 Å². The van der Waals surface area contributed by atoms with E-state index in [4.69, 9.17) is 11.5 Å². The number of phenolic OH excluding ortho intramolecular Hbond substituents is 1. The fourth-order valence-corrected chi connectivity index (χ4v) is 17.6. The molecule has 3 aromatic carbocycles. The van der Waals surface area contributed by atoms with E-state index in [1.165, 1.54) is 64.0 Å². The van der Waals surface area contributed by atoms with Crippen molar-refractivity contribution in [3.05, 3.63) is 120 Å². The number of carbonyl (C=O) groups excluding carboxylic acids is 17. The number of nitrogens with zero attached hydrogens (tertiary/aromatic N) is 6. The number of unbranched alkanes of at least 4 members (excludes halogenated alkanes) is 2. The molecule has 22 N–H and O–H groups in total. The summed E-state index contributed by atoms with van der Waals surface area (Å²) >= 11 is 0.677. The van der Waals surface area contributed by atoms with Gasteiger partial charge in [0.1, 0.15) is 90.3 Å². The van der Waals surface area contributed by atoms with E-state index < -0.39 is 298 Å². The summed E-state index contributed by atoms with van der Waals surface area (Å²) in [6.45, 7) is 3.14. The lowest BCUT2D eigenvalue weighted by atomic mass is 9.99. The number of benzene rings is 3. The minimum Gasteiger partial charge on any atom is -0.508 e. The van der Waals surface area contributed by atoms with Crippen LogP contribution < -0.4 is 64.6 Å². The number of amides is 17. The number of aromatic amines is 3. The molecular weight excluding hydrogens is 1820 g/mol. The topological polar surface area (TPSA) is 691 Å². The molecule has 0 radical (unpaired) electrons. The zero-order valence-corrected chi connectivity index (χ0v) is 78.0. The van der Waals surface area contributed by atoms with Gasteiger partial charge in [0.05, 0.1) is 31.1 Å². The maximum Gasteiger partial charge on any atom is 0.305 e. The number of nitrogens with two attached hydrogens (primary N) is 2. The Morgan fingerprint density at radius 1 is 0.493 bits per heavy atom. The number of hydrogen-bond acceptors (Lipinski definition) is 24. The number of imidazole rings is 1. The lowest BCUT2D eigenvalue weighted by Crippen LogP contribution is -2.61. The third kappa shape index (κ3) is 30.0. The number of primary amides is 2. The lowest BCUT2D eigenvalue weighted by Gasteiger charge is -2.36. The molecule has 0 unspecified atom stereocenters. The molecule has 746 valence electrons. The molecule has 0 bridgehead atoms. The summed E-state index contributed by atoms with van der Waals surface area (Å²) in [5, 5.41) is 78.8. The number of aromatic nitrogens is 4. The van der Waals surface area contributed by atoms with E-state index in [0.717, 1.165) is 31.5 Å². The highest BCUT2D eigenvalue weighted by atomic mass is 32.2. The molecule has 3 aromatic heterocycles. The van der Waals surface area contributed by atoms with Crippen molar-refractivity contribution in [2.24, 2.45) is 11.5 Å². The van der Waals surface area contributed by atoms with Crippen LogP contribution >= 0.6 is 11.8 Å². The Kier molecular flexibility index (Phi) is 39.5. The van der Waals surface area contributed by atoms with Crippen LogP contribution in [-0.4, -0.2) is 331 Å². The summed E-state index contributed by atoms with van der Waals surface area (Å²) in [7, 11) is 3.68. The van der Waals surface area contributed by atoms with Crippen molar-refractivity contribution in [3.8, 4) is 5.75 Å². The molecule has 138 heavy (non-hydrogen) atoms. The Morgan fingerprint density at radius 2 is 0.993 bits per heavy atom. The fourth-order valence-electron chi connectivity index (χ4n) is 16.7. The molecule has 0 aliphatic carbocycles. The number of para-hydroxylation sites is 2. The van der Waals surface area contributed by atoms with Crippen molar-refractivity contribution in [3.63, 3.8) is 0 Å². The highest BCUT2D eigenvalue weighted by Crippen LogP contribution is 2.28. The third-order valence-electron chi connectivity index (χ3n) is 24.4. The minimum atomic E-state index is -1.97. The highest BCUT2D eigenvalue weighted by Gasteiger charge is 2.47. The van der Waals surface area contributed by atoms with Crippen LogP contribution in [0.3, 0.4) is 0 Å². The second kappa shape index (κ2) is 50.9. The van der Waals surface area contributed by atoms with Crippen LogP contribution in [0.2, 0.25) is 0 Å². The first-order valence-corrected chi connectivity index (χ1v) is 46.5. The van der Waals surface area contributed by atoms with Gasteiger partial charge in [-0.25, -0.2) is 4.98 Å². The minimum absolute atomic E-state index is 0.0907. The van der Waals surface area contributed by atoms with E-state index >= 15 is 38.4 Å². The van der Waals surface area contributed by atoms with Gasteiger partial charge in [-0.3, -0.25) is 95.9 Å². The summed E-state index contributed by atoms with van der Waals surface area (Å²) in [5.74, 6) is -23.7. The van der Waals surface area contributed by atoms with E-state index in [-0.39, 0.29) is 69.4 Å². The van der Waals surface area contributed by atoms with E-state index in [9.17, 15) is 83.1 Å². The summed E-state index contributed by atoms with van der Waals surface area (Å²) in [4.78, 5) is 306. The Bertz CT molecular complexity index is 5420. The number of likely N-dealkylation sites (N-methyl/N-ethyl adjacent to an activating group) is 3. The molecule has 0 spiro atoms. The smallest absolute Gasteiger partial charge is 0.305 e. The first-order chi connectivity index (χ1) is 65.6. The maximum absolute atomic E-state index is 15.8. The molecule has 3 saturated heterocycles. The predicted molar refractivity (Wildman–Crippen MR) is 495 cm³/mol. The van der Waals surface area contributed by atoms with E-state index in [1.54, 1.807) is 68.6 Å². The number of rotatable bonds is 28. The molecule has 3 fully saturated rings. The monoisotopic (exact) mass is 1940 g/mol. The SMILES string of the molecule is CCCC[C@H]1C(=O)N(C)[C@@H](CCCC)C(=O)N[C@@H](CCC(=O)O)C(=O)N[C@H](C(=O)NCC(N)=O)CSCC(=O)N[C@@H](Cc2ccc(O)cc2)C(=O)N(C)[C@@H](C)C(=O)N[C@H](CC(=O)O)C(=O)N2CCC[C@H]2C(=O)N[C@@H](Cc2cnc[nH]2)C(=O)N[C@@H](CCC(N)=O)C(=O)N2C[C@H](O)C[C@H]2C(=O)N[C@@H](Cc2c[nH]c3ccccc23)C(=O)N[C@@H](CCC(=O)O)C(=O)N[C@@H](Cc2c[nH]c3ccccc23)C(=O)N1C. The van der Waals surface area contributed by atoms with Gasteiger partial charge < -0.3 is 130 Å². The molecule has 3 aliphatic rings. The number of H-pyrrole nitrogens is 3. The largest absolute Gasteiger partial charge is 0.508 e. The average molecular weight is 1940 g/mol. The molecule has 15 atom stereocenters. The number of carboxylic acid groups (broad SMARTS) is 3. The van der Waals surface area contributed by atoms with Crippen LogP contribution in [0.25, 0.3) is 21.8 Å². The average Bonchev–Trinajstić information content (AvgIpc) is 1.61. The summed E-state index contributed by atoms with van der Waals surface area (Å²) in [6.07, 6.45) is -1.99. The molecule has 0 saturated carbocycles. The van der Waals surface area contributed by atoms with Crippen molar-refractivity contribution in [1.29, 1.82) is 0 Å². The van der Waals surface area contributed by atoms with Crippen LogP contribution in [0.5, 0.6) is 5.75 Å². The van der Waals surface area contributed by atoms with Crippen LogP contribution in [0.15, 0.2) is 97.7 Å². The van der Waals surface area contributed by atoms with Gasteiger partial charge in [-0.05, 0) is 92.8 Å². The normalized spacial score (nSPS) is 24.4. The molecule has 6 aromatic rings. The molecule has 17 amide bonds. The quantitative estimate of drug-likeness (QED) is 0.0239. The first kappa shape index (κ1) is 107. The molecule has 47 heteroatoms. The summed E-state index contributed by atoms with van der Waals surface area (Å²) < 4.78 is 0. The summed E-state index contributed by atoms with van der Waals surface area (Å²) in [5.41, 5.74) is 13.6. The van der Waals surface area contributed by atoms with Crippen molar-refractivity contribution < 1.29 is 121 Å². The van der Waals surface area contributed by atoms with Crippen LogP contribution in [-0.2, 0) is 122 Å². The summed E-state index contributed by atoms with van der Waals surface area (Å²) in [6, 6.07) is -4.75. The molecule has 9 rings (SSSR count). The second-order valence-electron chi connectivity index (χ2n) is 34.5. The number of fused-ring (bicyclic) bond motifs is 4. The van der Waals surface area contributed by atoms with Crippen molar-refractivity contribution in [2.75, 3.05) is 52.3 Å². The van der Waals surface area contributed by atoms with Crippen molar-refractivity contribution in [1.82, 2.24) is 97.6 Å². The molecular formula is C91H121N21O25S. The van der Waals surface area contributed by atoms with Gasteiger partial charge in [0.15, 0.2) is 0 Å². The first-order valence-electron chi connectivity index (χ1n) is 45.4. The Labute approximate surface area is 796 Å². The Morgan fingerprint density at radius 3 is 1.57 bits per heavy atom. The van der Waals surface area contributed by atoms with Crippen molar-refractivity contribution >= 4 is 152 Å². The maximum atomic E-state index is 15.8. The number of phenols is 1. The lowest BCUT2D eigenvalue weighted by molar-refractivity contribution is -0.149. The van der Waals surface area contributed by atoms with Crippen LogP contribution in [0, 0.1) is 0 Å². The number of aliphatic hydroxyl groups excluding tert-OH is 1. The number of aliphatic hydroxyl groups is 1. The zero-order chi connectivity index (χ0) is 101. The van der Waals surface area contributed by atoms with E-state index in [2.05, 4.69) is 73.1 Å². The standard InChI is InChI=1S/C91H121N21O25S/c1-7-9-20-68-84(130)101-60(29-32-76(120)121)81(127)107-67(79(125)97-43-73(93)116)45-138-46-74(117)99-64(34-49-23-25-53(113)26-24-49)87(133)108(4)48(3)78(124)105-66(39-77(122)123)90(136)111-33-15-22-69(111)85(131)104-63(37-52-42-94-47-98-52)83(129)102-61(27-30-72(92)115)89(135)112-44-54(114)38-71(112)86(132)103-62(35-50-40-95-57-18-13-11-16-55(50)57)82(128)100-59(28-31-75(118)119)80(126)106-65(36-51-41-96-58-19-14-12-17-56(51)58)88(134)110(6)70(21-10-8-2)91(137)109(68)5/h11-14,16-19,23-26,40-42,47-48,54,59-71,95-96,113-114H,7-10,15,20-22,27-39,43-46H2,1-6H3,(H2,92,115)(H2,93,116)(H,94,98)(H,97,125)(H,99,117)(H,100,128)(H,101,130)(H,102,129)(H,103,132)(H,104,131)(H,105,124)(H,106,126)(H,107,127)(H,118,119)(H,120,121)(H,122,123)/t48-,54+,59-,60-,61-,62-,63-,64-,65-,66+,67-,68-,69-,70-,71-/m0/s1. The zero-order valence-electron chi connectivity index (χ0n) is 77.2. The van der Waals surface area contributed by atoms with E-state index in [0.29, 0.717) is 63.1 Å². The van der Waals surface area contributed by atoms with Crippen LogP contribution in [0.1, 0.15) is 146 Å². The van der Waals surface area contributed by atoms with Gasteiger partial charge in [-0.2, -0.15) is 0 Å². The highest BCUT2D eigenvalue weighted by molar-refractivity contribution is 8.00. The molecule has 46 nitrogen and oxygen atoms in total. The Hall–Kier alpha value is -14.5. The number of carboxylic acids is 3. The number of aromatic hydroxyl groups is 1. The number of aliphatic carboxylic acids is 3. The van der Waals surface area contributed by atoms with Crippen LogP contribution in [0.4, 0.5) is 0 Å². The number of hydrogen-bond donors (Lipinski definition) is 20. The van der Waals surface area contributed by atoms with Gasteiger partial charge >= 0.3 is 17.9 Å². The number of thioether (sulfide) groups is 1. The number of nitrogens with one attached hydrogen (secondary N) is 13. The third-order valence-corrected chi connectivity index (χ3v) is 25.4. The van der Waals surface area contributed by atoms with Crippen molar-refractivity contribution in [2.45, 2.75) is 240 Å². The second-order valence-corrected chi connectivity index (χ2v) is 35.5. The van der Waals surface area contributed by atoms with Gasteiger partial charge in [0, 0.05) is 137 Å².